The summed E-state index contributed by atoms with van der Waals surface area (Å²) in [6, 6.07) is 49.1. The van der Waals surface area contributed by atoms with Gasteiger partial charge in [-0.25, -0.2) is 0 Å². The molecule has 0 spiro atoms. The van der Waals surface area contributed by atoms with Crippen LogP contribution in [0.15, 0.2) is 212 Å². The van der Waals surface area contributed by atoms with Gasteiger partial charge in [0.15, 0.2) is 0 Å². The van der Waals surface area contributed by atoms with Gasteiger partial charge in [-0.3, -0.25) is 0 Å². The van der Waals surface area contributed by atoms with Gasteiger partial charge in [-0.05, 0) is 114 Å². The van der Waals surface area contributed by atoms with Crippen LogP contribution in [0.3, 0.4) is 0 Å². The van der Waals surface area contributed by atoms with Crippen LogP contribution >= 0.6 is 0 Å². The van der Waals surface area contributed by atoms with E-state index in [1.54, 1.807) is 24.3 Å². The van der Waals surface area contributed by atoms with E-state index in [1.807, 2.05) is 121 Å². The van der Waals surface area contributed by atoms with E-state index in [9.17, 15) is 8.22 Å². The molecule has 9 rings (SSSR count). The Kier molecular flexibility index (Phi) is 5.96. The summed E-state index contributed by atoms with van der Waals surface area (Å²) in [4.78, 5) is 1.39. The minimum Gasteiger partial charge on any atom is -0.310 e. The monoisotopic (exact) mass is 657 g/mol. The lowest BCUT2D eigenvalue weighted by Gasteiger charge is -2.26. The first-order valence-corrected chi connectivity index (χ1v) is 16.9. The number of nitrogens with zero attached hydrogens (tertiary/aromatic N) is 1. The van der Waals surface area contributed by atoms with Crippen molar-refractivity contribution in [2.75, 3.05) is 4.90 Å². The number of anilines is 3. The average Bonchev–Trinajstić information content (AvgIpc) is 3.28. The van der Waals surface area contributed by atoms with Crippen molar-refractivity contribution in [2.24, 2.45) is 0 Å². The zero-order valence-electron chi connectivity index (χ0n) is 35.5. The van der Waals surface area contributed by atoms with E-state index in [0.29, 0.717) is 16.8 Å². The molecule has 0 aliphatic rings. The van der Waals surface area contributed by atoms with E-state index in [1.165, 1.54) is 4.90 Å². The third-order valence-electron chi connectivity index (χ3n) is 9.20. The summed E-state index contributed by atoms with van der Waals surface area (Å²) >= 11 is 0. The minimum absolute atomic E-state index is 0.124. The summed E-state index contributed by atoms with van der Waals surface area (Å²) in [5, 5.41) is 3.50. The van der Waals surface area contributed by atoms with Gasteiger partial charge in [-0.1, -0.05) is 164 Å². The van der Waals surface area contributed by atoms with Gasteiger partial charge >= 0.3 is 0 Å². The van der Waals surface area contributed by atoms with Crippen LogP contribution < -0.4 is 4.90 Å². The smallest absolute Gasteiger partial charge is 0.0651 e. The molecule has 0 fully saturated rings. The Balaban J connectivity index is 1.28. The van der Waals surface area contributed by atoms with Gasteiger partial charge in [0.05, 0.1) is 11.0 Å². The first-order chi connectivity index (χ1) is 28.6. The Hall–Kier alpha value is -6.70. The first kappa shape index (κ1) is 22.8. The molecule has 240 valence electrons. The molecule has 0 radical (unpaired) electrons. The summed E-state index contributed by atoms with van der Waals surface area (Å²) in [5.74, 6) is 0. The zero-order chi connectivity index (χ0) is 40.9. The molecule has 1 nitrogen and oxygen atoms in total. The van der Waals surface area contributed by atoms with Crippen LogP contribution in [0.5, 0.6) is 0 Å². The van der Waals surface area contributed by atoms with Crippen LogP contribution in [-0.2, 0) is 0 Å². The number of hydrogen-bond acceptors (Lipinski definition) is 1. The van der Waals surface area contributed by atoms with Gasteiger partial charge in [0.1, 0.15) is 0 Å². The molecule has 0 aliphatic carbocycles. The number of hydrogen-bond donors (Lipinski definition) is 0. The number of fused-ring (bicyclic) bond motifs is 2. The molecular formula is C50H35N. The van der Waals surface area contributed by atoms with Gasteiger partial charge in [0.25, 0.3) is 0 Å². The summed E-state index contributed by atoms with van der Waals surface area (Å²) in [6.45, 7) is 0. The Morgan fingerprint density at radius 3 is 1.75 bits per heavy atom. The lowest BCUT2D eigenvalue weighted by atomic mass is 9.97. The molecule has 0 aromatic heterocycles. The maximum absolute atomic E-state index is 9.77. The highest BCUT2D eigenvalue weighted by Crippen LogP contribution is 2.40. The summed E-state index contributed by atoms with van der Waals surface area (Å²) in [5.41, 5.74) is 5.29. The van der Waals surface area contributed by atoms with Crippen LogP contribution in [0.2, 0.25) is 0 Å². The fourth-order valence-electron chi connectivity index (χ4n) is 6.61. The maximum Gasteiger partial charge on any atom is 0.0651 e. The summed E-state index contributed by atoms with van der Waals surface area (Å²) in [7, 11) is 0. The molecule has 0 saturated heterocycles. The summed E-state index contributed by atoms with van der Waals surface area (Å²) < 4.78 is 75.0. The van der Waals surface area contributed by atoms with Crippen LogP contribution in [0, 0.1) is 0 Å². The second kappa shape index (κ2) is 13.3. The third kappa shape index (κ3) is 6.07. The lowest BCUT2D eigenvalue weighted by molar-refractivity contribution is 1.28. The van der Waals surface area contributed by atoms with Gasteiger partial charge in [-0.2, -0.15) is 0 Å². The van der Waals surface area contributed by atoms with Crippen molar-refractivity contribution in [3.8, 4) is 44.5 Å². The van der Waals surface area contributed by atoms with Gasteiger partial charge in [0.2, 0.25) is 0 Å². The van der Waals surface area contributed by atoms with E-state index in [2.05, 4.69) is 18.2 Å². The normalized spacial score (nSPS) is 13.3. The lowest BCUT2D eigenvalue weighted by Crippen LogP contribution is -2.10. The Bertz CT molecular complexity index is 3060. The number of rotatable bonds is 7. The van der Waals surface area contributed by atoms with Crippen molar-refractivity contribution in [1.29, 1.82) is 0 Å². The third-order valence-corrected chi connectivity index (χ3v) is 9.20. The molecule has 0 saturated carbocycles. The SMILES string of the molecule is [2H]c1c([2H])c(-c2cccc3ccccc23)c([2H])c(N(c2ccc(-c3cccc(-c4ccccc4)c3)cc2)c2c([2H])c([2H])c(-c3ccc4ccccc4c3)c([2H])c2[2H])c1[2H]. The minimum atomic E-state index is -0.445. The molecule has 1 heteroatoms. The van der Waals surface area contributed by atoms with Crippen molar-refractivity contribution in [1.82, 2.24) is 0 Å². The summed E-state index contributed by atoms with van der Waals surface area (Å²) in [6.07, 6.45) is 0. The molecule has 0 atom stereocenters. The first-order valence-electron chi connectivity index (χ1n) is 20.9. The largest absolute Gasteiger partial charge is 0.310 e. The predicted octanol–water partition coefficient (Wildman–Crippen LogP) is 14.1. The quantitative estimate of drug-likeness (QED) is 0.165. The standard InChI is InChI=1S/C50H35N/c1-2-11-36(12-3-1)42-17-8-18-43(33-42)38-25-29-46(30-26-38)51(47-31-27-39(28-32-47)44-24-23-37-13-4-5-15-41(37)34-44)48-20-9-19-45(35-48)50-22-10-16-40-14-6-7-21-49(40)50/h1-35H/i9D,19D,20D,27D,28D,31D,32D,35D. The molecule has 9 aromatic rings. The second-order valence-corrected chi connectivity index (χ2v) is 12.4. The fourth-order valence-corrected chi connectivity index (χ4v) is 6.61. The van der Waals surface area contributed by atoms with E-state index in [-0.39, 0.29) is 58.8 Å². The second-order valence-electron chi connectivity index (χ2n) is 12.4. The molecule has 0 bridgehead atoms. The van der Waals surface area contributed by atoms with Crippen LogP contribution in [0.4, 0.5) is 17.1 Å². The van der Waals surface area contributed by atoms with Crippen LogP contribution in [0.1, 0.15) is 11.0 Å². The van der Waals surface area contributed by atoms with E-state index in [0.717, 1.165) is 43.8 Å². The fraction of sp³-hybridized carbons (Fsp3) is 0. The van der Waals surface area contributed by atoms with Gasteiger partial charge < -0.3 is 4.90 Å². The Labute approximate surface area is 310 Å². The van der Waals surface area contributed by atoms with Gasteiger partial charge in [0, 0.05) is 17.1 Å². The molecule has 0 heterocycles. The van der Waals surface area contributed by atoms with E-state index in [4.69, 9.17) is 2.74 Å². The molecule has 51 heavy (non-hydrogen) atoms. The predicted molar refractivity (Wildman–Crippen MR) is 218 cm³/mol. The van der Waals surface area contributed by atoms with Crippen LogP contribution in [-0.4, -0.2) is 0 Å². The zero-order valence-corrected chi connectivity index (χ0v) is 27.5. The van der Waals surface area contributed by atoms with Crippen molar-refractivity contribution in [2.45, 2.75) is 0 Å². The topological polar surface area (TPSA) is 3.24 Å². The maximum atomic E-state index is 9.77. The Morgan fingerprint density at radius 2 is 0.941 bits per heavy atom. The van der Waals surface area contributed by atoms with E-state index >= 15 is 0 Å². The molecular weight excluding hydrogens is 615 g/mol. The highest BCUT2D eigenvalue weighted by Gasteiger charge is 2.15. The molecule has 0 amide bonds. The average molecular weight is 658 g/mol. The molecule has 9 aromatic carbocycles. The highest BCUT2D eigenvalue weighted by molar-refractivity contribution is 5.97. The van der Waals surface area contributed by atoms with Crippen molar-refractivity contribution >= 4 is 38.6 Å². The molecule has 0 aliphatic heterocycles. The Morgan fingerprint density at radius 1 is 0.333 bits per heavy atom. The van der Waals surface area contributed by atoms with Crippen molar-refractivity contribution < 1.29 is 11.0 Å². The van der Waals surface area contributed by atoms with Crippen molar-refractivity contribution in [3.05, 3.63) is 212 Å². The number of benzene rings is 9. The van der Waals surface area contributed by atoms with Crippen molar-refractivity contribution in [3.63, 3.8) is 0 Å². The van der Waals surface area contributed by atoms with Gasteiger partial charge in [-0.15, -0.1) is 0 Å². The molecule has 0 N–H and O–H groups in total. The van der Waals surface area contributed by atoms with Crippen LogP contribution in [0.25, 0.3) is 66.1 Å². The van der Waals surface area contributed by atoms with E-state index < -0.39 is 12.1 Å². The molecule has 0 unspecified atom stereocenters. The highest BCUT2D eigenvalue weighted by atomic mass is 15.1.